The summed E-state index contributed by atoms with van der Waals surface area (Å²) in [6.07, 6.45) is 2.17. The molecule has 8 nitrogen and oxygen atoms in total. The van der Waals surface area contributed by atoms with Gasteiger partial charge in [0.1, 0.15) is 5.82 Å². The topological polar surface area (TPSA) is 91.6 Å². The smallest absolute Gasteiger partial charge is 0.269 e. The molecular weight excluding hydrogens is 346 g/mol. The van der Waals surface area contributed by atoms with E-state index in [9.17, 15) is 14.9 Å². The number of amides is 1. The van der Waals surface area contributed by atoms with Crippen LogP contribution in [0.25, 0.3) is 0 Å². The van der Waals surface area contributed by atoms with Gasteiger partial charge in [0.15, 0.2) is 0 Å². The van der Waals surface area contributed by atoms with E-state index in [0.29, 0.717) is 26.1 Å². The Morgan fingerprint density at radius 1 is 1.22 bits per heavy atom. The molecule has 0 bridgehead atoms. The van der Waals surface area contributed by atoms with Crippen molar-refractivity contribution in [1.29, 1.82) is 0 Å². The van der Waals surface area contributed by atoms with E-state index in [1.54, 1.807) is 12.3 Å². The van der Waals surface area contributed by atoms with Crippen molar-refractivity contribution in [2.75, 3.05) is 42.9 Å². The van der Waals surface area contributed by atoms with Crippen molar-refractivity contribution in [2.45, 2.75) is 13.3 Å². The zero-order valence-corrected chi connectivity index (χ0v) is 15.3. The van der Waals surface area contributed by atoms with E-state index in [-0.39, 0.29) is 11.6 Å². The highest BCUT2D eigenvalue weighted by Gasteiger charge is 2.21. The van der Waals surface area contributed by atoms with Crippen LogP contribution in [0, 0.1) is 17.0 Å². The number of rotatable bonds is 6. The number of hydrogen-bond donors (Lipinski definition) is 1. The summed E-state index contributed by atoms with van der Waals surface area (Å²) < 4.78 is 0. The Balaban J connectivity index is 1.44. The Kier molecular flexibility index (Phi) is 5.85. The fraction of sp³-hybridized carbons (Fsp3) is 0.368. The average Bonchev–Trinajstić information content (AvgIpc) is 2.69. The molecule has 142 valence electrons. The molecule has 3 rings (SSSR count). The van der Waals surface area contributed by atoms with E-state index in [1.807, 2.05) is 30.0 Å². The Morgan fingerprint density at radius 3 is 2.63 bits per heavy atom. The summed E-state index contributed by atoms with van der Waals surface area (Å²) in [6, 6.07) is 10.5. The van der Waals surface area contributed by atoms with Gasteiger partial charge in [-0.3, -0.25) is 14.9 Å². The lowest BCUT2D eigenvalue weighted by Crippen LogP contribution is -2.49. The van der Waals surface area contributed by atoms with Crippen LogP contribution in [0.15, 0.2) is 42.6 Å². The number of nitro groups is 1. The molecular formula is C19H23N5O3. The zero-order valence-electron chi connectivity index (χ0n) is 15.3. The number of nitrogens with one attached hydrogen (secondary N) is 1. The molecule has 0 unspecified atom stereocenters. The van der Waals surface area contributed by atoms with Crippen LogP contribution in [0.2, 0.25) is 0 Å². The average molecular weight is 369 g/mol. The standard InChI is InChI=1S/C19H23N5O3/c1-15-14-16(24(26)27)5-6-17(15)20-9-7-19(25)23-12-10-22(11-13-23)18-4-2-3-8-21-18/h2-6,8,14,20H,7,9-13H2,1H3. The first-order valence-corrected chi connectivity index (χ1v) is 8.97. The van der Waals surface area contributed by atoms with E-state index in [1.165, 1.54) is 12.1 Å². The predicted octanol–water partition coefficient (Wildman–Crippen LogP) is 2.45. The van der Waals surface area contributed by atoms with Gasteiger partial charge >= 0.3 is 0 Å². The molecule has 1 aliphatic rings. The van der Waals surface area contributed by atoms with Crippen LogP contribution in [-0.4, -0.2) is 53.4 Å². The Morgan fingerprint density at radius 2 is 2.00 bits per heavy atom. The van der Waals surface area contributed by atoms with Crippen LogP contribution >= 0.6 is 0 Å². The van der Waals surface area contributed by atoms with Gasteiger partial charge in [-0.25, -0.2) is 4.98 Å². The lowest BCUT2D eigenvalue weighted by Gasteiger charge is -2.35. The molecule has 2 aromatic rings. The monoisotopic (exact) mass is 369 g/mol. The van der Waals surface area contributed by atoms with Crippen molar-refractivity contribution in [2.24, 2.45) is 0 Å². The van der Waals surface area contributed by atoms with Crippen molar-refractivity contribution in [3.63, 3.8) is 0 Å². The van der Waals surface area contributed by atoms with Crippen LogP contribution in [0.1, 0.15) is 12.0 Å². The molecule has 0 saturated carbocycles. The van der Waals surface area contributed by atoms with Crippen molar-refractivity contribution in [1.82, 2.24) is 9.88 Å². The highest BCUT2D eigenvalue weighted by atomic mass is 16.6. The van der Waals surface area contributed by atoms with Gasteiger partial charge in [0, 0.05) is 63.2 Å². The Labute approximate surface area is 158 Å². The van der Waals surface area contributed by atoms with Gasteiger partial charge in [-0.1, -0.05) is 6.07 Å². The van der Waals surface area contributed by atoms with Crippen molar-refractivity contribution >= 4 is 23.1 Å². The summed E-state index contributed by atoms with van der Waals surface area (Å²) in [6.45, 7) is 5.24. The second-order valence-corrected chi connectivity index (χ2v) is 6.49. The van der Waals surface area contributed by atoms with Crippen molar-refractivity contribution < 1.29 is 9.72 Å². The number of nitro benzene ring substituents is 1. The van der Waals surface area contributed by atoms with Gasteiger partial charge in [-0.15, -0.1) is 0 Å². The predicted molar refractivity (Wildman–Crippen MR) is 104 cm³/mol. The number of aromatic nitrogens is 1. The Bertz CT molecular complexity index is 804. The Hall–Kier alpha value is -3.16. The van der Waals surface area contributed by atoms with Gasteiger partial charge in [0.05, 0.1) is 4.92 Å². The third-order valence-electron chi connectivity index (χ3n) is 4.68. The van der Waals surface area contributed by atoms with Crippen LogP contribution < -0.4 is 10.2 Å². The first kappa shape index (κ1) is 18.6. The van der Waals surface area contributed by atoms with Gasteiger partial charge < -0.3 is 15.1 Å². The van der Waals surface area contributed by atoms with Gasteiger partial charge in [-0.2, -0.15) is 0 Å². The maximum atomic E-state index is 12.4. The quantitative estimate of drug-likeness (QED) is 0.621. The van der Waals surface area contributed by atoms with E-state index in [0.717, 1.165) is 30.2 Å². The second-order valence-electron chi connectivity index (χ2n) is 6.49. The maximum absolute atomic E-state index is 12.4. The number of non-ortho nitro benzene ring substituents is 1. The van der Waals surface area contributed by atoms with Gasteiger partial charge in [0.25, 0.3) is 5.69 Å². The molecule has 0 radical (unpaired) electrons. The number of aryl methyl sites for hydroxylation is 1. The van der Waals surface area contributed by atoms with E-state index < -0.39 is 4.92 Å². The summed E-state index contributed by atoms with van der Waals surface area (Å²) in [5.41, 5.74) is 1.67. The highest BCUT2D eigenvalue weighted by molar-refractivity contribution is 5.77. The minimum Gasteiger partial charge on any atom is -0.384 e. The van der Waals surface area contributed by atoms with Crippen LogP contribution in [-0.2, 0) is 4.79 Å². The number of carbonyl (C=O) groups excluding carboxylic acids is 1. The summed E-state index contributed by atoms with van der Waals surface area (Å²) in [5, 5.41) is 14.0. The largest absolute Gasteiger partial charge is 0.384 e. The zero-order chi connectivity index (χ0) is 19.2. The third kappa shape index (κ3) is 4.72. The molecule has 2 heterocycles. The molecule has 0 aliphatic carbocycles. The first-order chi connectivity index (χ1) is 13.0. The molecule has 1 aliphatic heterocycles. The third-order valence-corrected chi connectivity index (χ3v) is 4.68. The van der Waals surface area contributed by atoms with E-state index in [4.69, 9.17) is 0 Å². The number of anilines is 2. The lowest BCUT2D eigenvalue weighted by atomic mass is 10.1. The number of nitrogens with zero attached hydrogens (tertiary/aromatic N) is 4. The number of carbonyl (C=O) groups is 1. The minimum atomic E-state index is -0.412. The van der Waals surface area contributed by atoms with Crippen molar-refractivity contribution in [3.8, 4) is 0 Å². The second kappa shape index (κ2) is 8.48. The fourth-order valence-corrected chi connectivity index (χ4v) is 3.15. The molecule has 0 spiro atoms. The van der Waals surface area contributed by atoms with Crippen LogP contribution in [0.3, 0.4) is 0 Å². The molecule has 1 amide bonds. The summed E-state index contributed by atoms with van der Waals surface area (Å²) in [4.78, 5) is 31.2. The fourth-order valence-electron chi connectivity index (χ4n) is 3.15. The van der Waals surface area contributed by atoms with Gasteiger partial charge in [-0.05, 0) is 30.7 Å². The number of piperazine rings is 1. The number of hydrogen-bond acceptors (Lipinski definition) is 6. The summed E-state index contributed by atoms with van der Waals surface area (Å²) in [5.74, 6) is 1.06. The molecule has 1 saturated heterocycles. The lowest BCUT2D eigenvalue weighted by molar-refractivity contribution is -0.384. The summed E-state index contributed by atoms with van der Waals surface area (Å²) in [7, 11) is 0. The molecule has 0 atom stereocenters. The molecule has 1 aromatic heterocycles. The SMILES string of the molecule is Cc1cc([N+](=O)[O-])ccc1NCCC(=O)N1CCN(c2ccccn2)CC1. The first-order valence-electron chi connectivity index (χ1n) is 8.97. The number of benzene rings is 1. The summed E-state index contributed by atoms with van der Waals surface area (Å²) >= 11 is 0. The highest BCUT2D eigenvalue weighted by Crippen LogP contribution is 2.21. The van der Waals surface area contributed by atoms with Gasteiger partial charge in [0.2, 0.25) is 5.91 Å². The molecule has 1 aromatic carbocycles. The van der Waals surface area contributed by atoms with Crippen LogP contribution in [0.5, 0.6) is 0 Å². The van der Waals surface area contributed by atoms with Crippen molar-refractivity contribution in [3.05, 3.63) is 58.3 Å². The van der Waals surface area contributed by atoms with E-state index in [2.05, 4.69) is 15.2 Å². The molecule has 1 fully saturated rings. The molecule has 8 heteroatoms. The van der Waals surface area contributed by atoms with E-state index >= 15 is 0 Å². The molecule has 27 heavy (non-hydrogen) atoms. The molecule has 1 N–H and O–H groups in total. The minimum absolute atomic E-state index is 0.0694. The normalized spacial score (nSPS) is 14.1. The van der Waals surface area contributed by atoms with Crippen LogP contribution in [0.4, 0.5) is 17.2 Å². The number of pyridine rings is 1. The maximum Gasteiger partial charge on any atom is 0.269 e.